The molecule has 1 N–H and O–H groups in total. The van der Waals surface area contributed by atoms with E-state index in [1.54, 1.807) is 0 Å². The van der Waals surface area contributed by atoms with Crippen molar-refractivity contribution >= 4 is 6.03 Å². The maximum atomic E-state index is 12.1. The fourth-order valence-electron chi connectivity index (χ4n) is 2.64. The molecule has 1 aromatic rings. The van der Waals surface area contributed by atoms with Gasteiger partial charge in [-0.2, -0.15) is 0 Å². The largest absolute Gasteiger partial charge is 0.359 e. The normalized spacial score (nSPS) is 18.8. The van der Waals surface area contributed by atoms with Gasteiger partial charge in [-0.3, -0.25) is 0 Å². The standard InChI is InChI=1S/C15H26N4O2/c1-11(2)14-7-13(21-17-14)8-16-15(20)19-6-5-12(10-19)9-18(3)4/h7,11-12H,5-6,8-10H2,1-4H3,(H,16,20)/t12-/m1/s1. The molecule has 2 rings (SSSR count). The van der Waals surface area contributed by atoms with Gasteiger partial charge >= 0.3 is 6.03 Å². The molecular formula is C15H26N4O2. The summed E-state index contributed by atoms with van der Waals surface area (Å²) in [5, 5.41) is 6.90. The molecule has 2 heterocycles. The van der Waals surface area contributed by atoms with Crippen molar-refractivity contribution in [1.82, 2.24) is 20.3 Å². The number of carbonyl (C=O) groups is 1. The molecule has 2 amide bonds. The Kier molecular flexibility index (Phi) is 5.22. The van der Waals surface area contributed by atoms with Crippen molar-refractivity contribution in [1.29, 1.82) is 0 Å². The fourth-order valence-corrected chi connectivity index (χ4v) is 2.64. The molecule has 0 saturated carbocycles. The molecule has 1 aromatic heterocycles. The van der Waals surface area contributed by atoms with E-state index in [-0.39, 0.29) is 6.03 Å². The SMILES string of the molecule is CC(C)c1cc(CNC(=O)N2CC[C@H](CN(C)C)C2)on1. The second-order valence-corrected chi connectivity index (χ2v) is 6.39. The van der Waals surface area contributed by atoms with E-state index in [4.69, 9.17) is 4.52 Å². The number of urea groups is 1. The lowest BCUT2D eigenvalue weighted by atomic mass is 10.1. The van der Waals surface area contributed by atoms with Crippen LogP contribution >= 0.6 is 0 Å². The Balaban J connectivity index is 1.77. The Bertz CT molecular complexity index is 470. The van der Waals surface area contributed by atoms with Gasteiger partial charge in [0.05, 0.1) is 12.2 Å². The summed E-state index contributed by atoms with van der Waals surface area (Å²) < 4.78 is 5.22. The predicted molar refractivity (Wildman–Crippen MR) is 81.1 cm³/mol. The van der Waals surface area contributed by atoms with Crippen molar-refractivity contribution in [3.63, 3.8) is 0 Å². The molecule has 21 heavy (non-hydrogen) atoms. The molecule has 6 heteroatoms. The first-order valence-corrected chi connectivity index (χ1v) is 7.58. The molecule has 0 aromatic carbocycles. The third-order valence-electron chi connectivity index (χ3n) is 3.78. The Morgan fingerprint density at radius 1 is 1.57 bits per heavy atom. The summed E-state index contributed by atoms with van der Waals surface area (Å²) in [4.78, 5) is 16.2. The van der Waals surface area contributed by atoms with Gasteiger partial charge in [0.1, 0.15) is 0 Å². The fraction of sp³-hybridized carbons (Fsp3) is 0.733. The van der Waals surface area contributed by atoms with Gasteiger partial charge in [-0.25, -0.2) is 4.79 Å². The molecule has 1 atom stereocenters. The molecule has 0 aliphatic carbocycles. The molecule has 0 spiro atoms. The van der Waals surface area contributed by atoms with Gasteiger partial charge in [0.25, 0.3) is 0 Å². The van der Waals surface area contributed by atoms with E-state index >= 15 is 0 Å². The van der Waals surface area contributed by atoms with Crippen LogP contribution in [-0.2, 0) is 6.54 Å². The number of amides is 2. The highest BCUT2D eigenvalue weighted by atomic mass is 16.5. The molecular weight excluding hydrogens is 268 g/mol. The first-order valence-electron chi connectivity index (χ1n) is 7.58. The van der Waals surface area contributed by atoms with E-state index in [9.17, 15) is 4.79 Å². The molecule has 0 bridgehead atoms. The summed E-state index contributed by atoms with van der Waals surface area (Å²) >= 11 is 0. The van der Waals surface area contributed by atoms with Crippen LogP contribution in [0.15, 0.2) is 10.6 Å². The summed E-state index contributed by atoms with van der Waals surface area (Å²) in [7, 11) is 4.14. The van der Waals surface area contributed by atoms with Crippen LogP contribution < -0.4 is 5.32 Å². The van der Waals surface area contributed by atoms with Gasteiger partial charge in [0.2, 0.25) is 0 Å². The lowest BCUT2D eigenvalue weighted by Gasteiger charge is -2.18. The summed E-state index contributed by atoms with van der Waals surface area (Å²) in [6, 6.07) is 1.89. The van der Waals surface area contributed by atoms with Crippen LogP contribution in [0.4, 0.5) is 4.79 Å². The van der Waals surface area contributed by atoms with Crippen LogP contribution in [0.3, 0.4) is 0 Å². The Labute approximate surface area is 126 Å². The zero-order chi connectivity index (χ0) is 15.4. The first-order chi connectivity index (χ1) is 9.95. The minimum Gasteiger partial charge on any atom is -0.359 e. The minimum atomic E-state index is -0.0150. The number of hydrogen-bond acceptors (Lipinski definition) is 4. The van der Waals surface area contributed by atoms with Gasteiger partial charge in [-0.15, -0.1) is 0 Å². The average Bonchev–Trinajstić information content (AvgIpc) is 3.04. The average molecular weight is 294 g/mol. The Morgan fingerprint density at radius 3 is 2.95 bits per heavy atom. The number of aromatic nitrogens is 1. The molecule has 1 aliphatic rings. The van der Waals surface area contributed by atoms with E-state index in [1.807, 2.05) is 11.0 Å². The Morgan fingerprint density at radius 2 is 2.33 bits per heavy atom. The van der Waals surface area contributed by atoms with E-state index < -0.39 is 0 Å². The zero-order valence-electron chi connectivity index (χ0n) is 13.4. The molecule has 0 radical (unpaired) electrons. The summed E-state index contributed by atoms with van der Waals surface area (Å²) in [5.74, 6) is 1.61. The molecule has 1 aliphatic heterocycles. The maximum absolute atomic E-state index is 12.1. The van der Waals surface area contributed by atoms with Gasteiger partial charge in [-0.05, 0) is 32.4 Å². The van der Waals surface area contributed by atoms with Gasteiger partial charge < -0.3 is 19.6 Å². The molecule has 0 unspecified atom stereocenters. The number of likely N-dealkylation sites (tertiary alicyclic amines) is 1. The smallest absolute Gasteiger partial charge is 0.317 e. The van der Waals surface area contributed by atoms with Gasteiger partial charge in [0, 0.05) is 25.7 Å². The second kappa shape index (κ2) is 6.93. The molecule has 1 saturated heterocycles. The second-order valence-electron chi connectivity index (χ2n) is 6.39. The highest BCUT2D eigenvalue weighted by Crippen LogP contribution is 2.17. The van der Waals surface area contributed by atoms with Crippen LogP contribution in [0.5, 0.6) is 0 Å². The van der Waals surface area contributed by atoms with Crippen molar-refractivity contribution in [2.24, 2.45) is 5.92 Å². The summed E-state index contributed by atoms with van der Waals surface area (Å²) in [6.45, 7) is 7.22. The molecule has 6 nitrogen and oxygen atoms in total. The van der Waals surface area contributed by atoms with Crippen molar-refractivity contribution in [3.8, 4) is 0 Å². The third kappa shape index (κ3) is 4.46. The van der Waals surface area contributed by atoms with Crippen molar-refractivity contribution in [2.75, 3.05) is 33.7 Å². The first kappa shape index (κ1) is 15.8. The van der Waals surface area contributed by atoms with Crippen LogP contribution in [0.1, 0.15) is 37.6 Å². The summed E-state index contributed by atoms with van der Waals surface area (Å²) in [6.07, 6.45) is 1.07. The van der Waals surface area contributed by atoms with E-state index in [1.165, 1.54) is 0 Å². The van der Waals surface area contributed by atoms with Gasteiger partial charge in [0.15, 0.2) is 5.76 Å². The van der Waals surface area contributed by atoms with Crippen molar-refractivity contribution in [2.45, 2.75) is 32.7 Å². The number of nitrogens with zero attached hydrogens (tertiary/aromatic N) is 3. The van der Waals surface area contributed by atoms with E-state index in [0.29, 0.717) is 24.1 Å². The quantitative estimate of drug-likeness (QED) is 0.901. The number of nitrogens with one attached hydrogen (secondary N) is 1. The third-order valence-corrected chi connectivity index (χ3v) is 3.78. The summed E-state index contributed by atoms with van der Waals surface area (Å²) in [5.41, 5.74) is 0.923. The number of rotatable bonds is 5. The number of hydrogen-bond donors (Lipinski definition) is 1. The lowest BCUT2D eigenvalue weighted by Crippen LogP contribution is -2.38. The van der Waals surface area contributed by atoms with Crippen LogP contribution in [0.2, 0.25) is 0 Å². The van der Waals surface area contributed by atoms with Crippen molar-refractivity contribution < 1.29 is 9.32 Å². The topological polar surface area (TPSA) is 61.6 Å². The molecule has 1 fully saturated rings. The highest BCUT2D eigenvalue weighted by Gasteiger charge is 2.26. The van der Waals surface area contributed by atoms with Crippen LogP contribution in [-0.4, -0.2) is 54.7 Å². The predicted octanol–water partition coefficient (Wildman–Crippen LogP) is 1.89. The molecule has 118 valence electrons. The van der Waals surface area contributed by atoms with E-state index in [2.05, 4.69) is 43.3 Å². The minimum absolute atomic E-state index is 0.0150. The monoisotopic (exact) mass is 294 g/mol. The Hall–Kier alpha value is -1.56. The number of carbonyl (C=O) groups excluding carboxylic acids is 1. The van der Waals surface area contributed by atoms with Crippen molar-refractivity contribution in [3.05, 3.63) is 17.5 Å². The highest BCUT2D eigenvalue weighted by molar-refractivity contribution is 5.74. The van der Waals surface area contributed by atoms with E-state index in [0.717, 1.165) is 31.7 Å². The van der Waals surface area contributed by atoms with Gasteiger partial charge in [-0.1, -0.05) is 19.0 Å². The zero-order valence-corrected chi connectivity index (χ0v) is 13.4. The van der Waals surface area contributed by atoms with Crippen LogP contribution in [0.25, 0.3) is 0 Å². The maximum Gasteiger partial charge on any atom is 0.317 e. The van der Waals surface area contributed by atoms with Crippen LogP contribution in [0, 0.1) is 5.92 Å². The lowest BCUT2D eigenvalue weighted by molar-refractivity contribution is 0.203.